The summed E-state index contributed by atoms with van der Waals surface area (Å²) in [6, 6.07) is 0. The number of hydrogen-bond donors (Lipinski definition) is 2. The van der Waals surface area contributed by atoms with Crippen molar-refractivity contribution in [3.05, 3.63) is 12.7 Å². The highest BCUT2D eigenvalue weighted by Crippen LogP contribution is 2.01. The molecule has 14 heavy (non-hydrogen) atoms. The number of aliphatic hydroxyl groups excluding tert-OH is 2. The fourth-order valence-electron chi connectivity index (χ4n) is 1.42. The van der Waals surface area contributed by atoms with Crippen molar-refractivity contribution < 1.29 is 10.2 Å². The van der Waals surface area contributed by atoms with Gasteiger partial charge in [-0.1, -0.05) is 18.9 Å². The largest absolute Gasteiger partial charge is 0.396 e. The Balaban J connectivity index is 3.35. The van der Waals surface area contributed by atoms with Crippen molar-refractivity contribution >= 4 is 0 Å². The second-order valence-corrected chi connectivity index (χ2v) is 3.45. The van der Waals surface area contributed by atoms with E-state index < -0.39 is 0 Å². The van der Waals surface area contributed by atoms with Gasteiger partial charge in [-0.05, 0) is 19.4 Å². The molecule has 2 N–H and O–H groups in total. The predicted molar refractivity (Wildman–Crippen MR) is 59.3 cm³/mol. The molecular weight excluding hydrogens is 178 g/mol. The molecule has 0 aliphatic carbocycles. The lowest BCUT2D eigenvalue weighted by molar-refractivity contribution is 0.205. The van der Waals surface area contributed by atoms with Crippen LogP contribution in [0.25, 0.3) is 0 Å². The van der Waals surface area contributed by atoms with Gasteiger partial charge in [-0.25, -0.2) is 0 Å². The topological polar surface area (TPSA) is 43.7 Å². The van der Waals surface area contributed by atoms with Crippen LogP contribution in [-0.4, -0.2) is 48.0 Å². The summed E-state index contributed by atoms with van der Waals surface area (Å²) in [7, 11) is 0. The minimum Gasteiger partial charge on any atom is -0.396 e. The Labute approximate surface area is 87.0 Å². The molecule has 0 rings (SSSR count). The Kier molecular flexibility index (Phi) is 10.4. The van der Waals surface area contributed by atoms with Crippen molar-refractivity contribution in [2.24, 2.45) is 0 Å². The zero-order valence-corrected chi connectivity index (χ0v) is 8.99. The molecule has 0 aromatic carbocycles. The van der Waals surface area contributed by atoms with Crippen LogP contribution in [0.3, 0.4) is 0 Å². The first-order chi connectivity index (χ1) is 6.85. The molecule has 84 valence electrons. The molecule has 3 nitrogen and oxygen atoms in total. The zero-order valence-electron chi connectivity index (χ0n) is 8.99. The van der Waals surface area contributed by atoms with Gasteiger partial charge in [0.2, 0.25) is 0 Å². The van der Waals surface area contributed by atoms with E-state index >= 15 is 0 Å². The summed E-state index contributed by atoms with van der Waals surface area (Å²) in [6.07, 6.45) is 6.15. The van der Waals surface area contributed by atoms with E-state index in [-0.39, 0.29) is 6.61 Å². The van der Waals surface area contributed by atoms with Crippen molar-refractivity contribution in [3.8, 4) is 0 Å². The fraction of sp³-hybridized carbons (Fsp3) is 0.818. The molecule has 0 amide bonds. The monoisotopic (exact) mass is 201 g/mol. The molecule has 0 atom stereocenters. The lowest BCUT2D eigenvalue weighted by atomic mass is 10.2. The second-order valence-electron chi connectivity index (χ2n) is 3.45. The van der Waals surface area contributed by atoms with E-state index in [1.54, 1.807) is 0 Å². The van der Waals surface area contributed by atoms with Gasteiger partial charge in [-0.3, -0.25) is 4.90 Å². The van der Waals surface area contributed by atoms with Crippen molar-refractivity contribution in [2.75, 3.05) is 32.8 Å². The van der Waals surface area contributed by atoms with Crippen LogP contribution in [0.5, 0.6) is 0 Å². The summed E-state index contributed by atoms with van der Waals surface area (Å²) >= 11 is 0. The van der Waals surface area contributed by atoms with Gasteiger partial charge >= 0.3 is 0 Å². The molecule has 0 aliphatic rings. The van der Waals surface area contributed by atoms with Crippen LogP contribution >= 0.6 is 0 Å². The SMILES string of the molecule is C=CCN(CCO)CCCCCCO. The highest BCUT2D eigenvalue weighted by molar-refractivity contribution is 4.73. The van der Waals surface area contributed by atoms with Gasteiger partial charge in [0.25, 0.3) is 0 Å². The average Bonchev–Trinajstić information content (AvgIpc) is 2.18. The van der Waals surface area contributed by atoms with E-state index in [1.807, 2.05) is 6.08 Å². The predicted octanol–water partition coefficient (Wildman–Crippen LogP) is 1.02. The zero-order chi connectivity index (χ0) is 10.6. The third-order valence-electron chi connectivity index (χ3n) is 2.19. The van der Waals surface area contributed by atoms with Crippen LogP contribution in [0.2, 0.25) is 0 Å². The van der Waals surface area contributed by atoms with E-state index in [4.69, 9.17) is 10.2 Å². The van der Waals surface area contributed by atoms with E-state index in [9.17, 15) is 0 Å². The molecule has 0 bridgehead atoms. The quantitative estimate of drug-likeness (QED) is 0.410. The van der Waals surface area contributed by atoms with Crippen molar-refractivity contribution in [1.29, 1.82) is 0 Å². The smallest absolute Gasteiger partial charge is 0.0558 e. The second kappa shape index (κ2) is 10.7. The Bertz CT molecular complexity index is 128. The summed E-state index contributed by atoms with van der Waals surface area (Å²) in [6.45, 7) is 6.78. The van der Waals surface area contributed by atoms with Gasteiger partial charge in [0.1, 0.15) is 0 Å². The normalized spacial score (nSPS) is 10.8. The molecule has 0 unspecified atom stereocenters. The summed E-state index contributed by atoms with van der Waals surface area (Å²) in [5.74, 6) is 0. The van der Waals surface area contributed by atoms with Crippen LogP contribution in [-0.2, 0) is 0 Å². The van der Waals surface area contributed by atoms with Crippen LogP contribution in [0.1, 0.15) is 25.7 Å². The molecular formula is C11H23NO2. The standard InChI is InChI=1S/C11H23NO2/c1-2-7-12(9-11-14)8-5-3-4-6-10-13/h2,13-14H,1,3-11H2. The fourth-order valence-corrected chi connectivity index (χ4v) is 1.42. The maximum atomic E-state index is 8.80. The highest BCUT2D eigenvalue weighted by Gasteiger charge is 2.00. The Morgan fingerprint density at radius 2 is 1.64 bits per heavy atom. The molecule has 0 heterocycles. The Hall–Kier alpha value is -0.380. The van der Waals surface area contributed by atoms with Crippen LogP contribution in [0.4, 0.5) is 0 Å². The van der Waals surface area contributed by atoms with Crippen molar-refractivity contribution in [3.63, 3.8) is 0 Å². The number of aliphatic hydroxyl groups is 2. The van der Waals surface area contributed by atoms with E-state index in [0.29, 0.717) is 6.61 Å². The summed E-state index contributed by atoms with van der Waals surface area (Å²) < 4.78 is 0. The van der Waals surface area contributed by atoms with E-state index in [0.717, 1.165) is 45.3 Å². The molecule has 0 saturated carbocycles. The molecule has 0 spiro atoms. The number of nitrogens with zero attached hydrogens (tertiary/aromatic N) is 1. The van der Waals surface area contributed by atoms with Gasteiger partial charge in [-0.15, -0.1) is 6.58 Å². The third-order valence-corrected chi connectivity index (χ3v) is 2.19. The number of rotatable bonds is 10. The maximum Gasteiger partial charge on any atom is 0.0558 e. The minimum atomic E-state index is 0.213. The minimum absolute atomic E-state index is 0.213. The molecule has 0 fully saturated rings. The van der Waals surface area contributed by atoms with Crippen LogP contribution in [0.15, 0.2) is 12.7 Å². The molecule has 0 aromatic rings. The van der Waals surface area contributed by atoms with Crippen molar-refractivity contribution in [2.45, 2.75) is 25.7 Å². The molecule has 0 aliphatic heterocycles. The summed E-state index contributed by atoms with van der Waals surface area (Å²) in [5, 5.41) is 17.4. The summed E-state index contributed by atoms with van der Waals surface area (Å²) in [5.41, 5.74) is 0. The third kappa shape index (κ3) is 8.23. The molecule has 0 saturated heterocycles. The maximum absolute atomic E-state index is 8.80. The average molecular weight is 201 g/mol. The molecule has 0 radical (unpaired) electrons. The van der Waals surface area contributed by atoms with Gasteiger partial charge in [-0.2, -0.15) is 0 Å². The lowest BCUT2D eigenvalue weighted by Gasteiger charge is -2.18. The van der Waals surface area contributed by atoms with Gasteiger partial charge in [0.05, 0.1) is 6.61 Å². The van der Waals surface area contributed by atoms with Gasteiger partial charge in [0, 0.05) is 19.7 Å². The van der Waals surface area contributed by atoms with Crippen molar-refractivity contribution in [1.82, 2.24) is 4.90 Å². The van der Waals surface area contributed by atoms with E-state index in [1.165, 1.54) is 0 Å². The molecule has 3 heteroatoms. The highest BCUT2D eigenvalue weighted by atomic mass is 16.3. The first-order valence-electron chi connectivity index (χ1n) is 5.40. The Morgan fingerprint density at radius 3 is 2.21 bits per heavy atom. The number of hydrogen-bond acceptors (Lipinski definition) is 3. The Morgan fingerprint density at radius 1 is 0.929 bits per heavy atom. The summed E-state index contributed by atoms with van der Waals surface area (Å²) in [4.78, 5) is 2.19. The number of unbranched alkanes of at least 4 members (excludes halogenated alkanes) is 3. The van der Waals surface area contributed by atoms with E-state index in [2.05, 4.69) is 11.5 Å². The van der Waals surface area contributed by atoms with Crippen LogP contribution in [0, 0.1) is 0 Å². The van der Waals surface area contributed by atoms with Crippen LogP contribution < -0.4 is 0 Å². The molecule has 0 aromatic heterocycles. The lowest BCUT2D eigenvalue weighted by Crippen LogP contribution is -2.28. The van der Waals surface area contributed by atoms with Gasteiger partial charge in [0.15, 0.2) is 0 Å². The first kappa shape index (κ1) is 13.6. The van der Waals surface area contributed by atoms with Gasteiger partial charge < -0.3 is 10.2 Å². The first-order valence-corrected chi connectivity index (χ1v) is 5.40.